The zero-order chi connectivity index (χ0) is 19.0. The maximum Gasteiger partial charge on any atom is 0.433 e. The van der Waals surface area contributed by atoms with Crippen molar-refractivity contribution < 1.29 is 17.6 Å². The van der Waals surface area contributed by atoms with Gasteiger partial charge in [0.1, 0.15) is 22.9 Å². The van der Waals surface area contributed by atoms with Crippen LogP contribution in [0.5, 0.6) is 0 Å². The molecule has 4 aromatic rings. The summed E-state index contributed by atoms with van der Waals surface area (Å²) in [7, 11) is 0. The summed E-state index contributed by atoms with van der Waals surface area (Å²) in [5.74, 6) is -0.410. The summed E-state index contributed by atoms with van der Waals surface area (Å²) < 4.78 is 52.7. The molecule has 0 bridgehead atoms. The second-order valence-corrected chi connectivity index (χ2v) is 5.52. The Morgan fingerprint density at radius 1 is 1.00 bits per heavy atom. The molecule has 27 heavy (non-hydrogen) atoms. The molecule has 0 aliphatic heterocycles. The van der Waals surface area contributed by atoms with Crippen molar-refractivity contribution in [2.24, 2.45) is 0 Å². The summed E-state index contributed by atoms with van der Waals surface area (Å²) in [5.41, 5.74) is -0.616. The number of aromatic nitrogens is 5. The quantitative estimate of drug-likeness (QED) is 0.522. The van der Waals surface area contributed by atoms with Gasteiger partial charge < -0.3 is 10.3 Å². The first-order valence-electron chi connectivity index (χ1n) is 7.68. The number of halogens is 4. The number of nitrogens with zero attached hydrogens (tertiary/aromatic N) is 4. The van der Waals surface area contributed by atoms with Crippen LogP contribution in [-0.2, 0) is 6.18 Å². The number of rotatable bonds is 3. The zero-order valence-electron chi connectivity index (χ0n) is 13.4. The van der Waals surface area contributed by atoms with Crippen LogP contribution in [0, 0.1) is 5.82 Å². The van der Waals surface area contributed by atoms with Gasteiger partial charge in [0.15, 0.2) is 11.6 Å². The number of aromatic amines is 1. The third kappa shape index (κ3) is 3.28. The molecule has 0 fully saturated rings. The van der Waals surface area contributed by atoms with E-state index in [1.165, 1.54) is 24.4 Å². The van der Waals surface area contributed by atoms with Crippen molar-refractivity contribution in [3.63, 3.8) is 0 Å². The van der Waals surface area contributed by atoms with E-state index in [9.17, 15) is 17.6 Å². The lowest BCUT2D eigenvalue weighted by atomic mass is 10.2. The molecule has 2 N–H and O–H groups in total. The fourth-order valence-electron chi connectivity index (χ4n) is 2.47. The highest BCUT2D eigenvalue weighted by Gasteiger charge is 2.32. The minimum Gasteiger partial charge on any atom is -0.346 e. The molecule has 4 rings (SSSR count). The lowest BCUT2D eigenvalue weighted by molar-refractivity contribution is -0.141. The lowest BCUT2D eigenvalue weighted by Crippen LogP contribution is -2.09. The average molecular weight is 374 g/mol. The van der Waals surface area contributed by atoms with Crippen molar-refractivity contribution in [1.29, 1.82) is 0 Å². The van der Waals surface area contributed by atoms with Crippen molar-refractivity contribution in [3.8, 4) is 11.5 Å². The third-order valence-electron chi connectivity index (χ3n) is 3.71. The highest BCUT2D eigenvalue weighted by Crippen LogP contribution is 2.30. The standard InChI is InChI=1S/C17H10F4N6/c18-10-8-22-6-5-11(10)25-15-9-4-7-23-14(9)26-16(27-15)12-2-1-3-13(24-12)17(19,20)21/h1-8H,(H2,22,23,25,26,27). The fourth-order valence-corrected chi connectivity index (χ4v) is 2.47. The molecule has 0 unspecified atom stereocenters. The molecule has 4 aromatic heterocycles. The smallest absolute Gasteiger partial charge is 0.346 e. The molecule has 0 atom stereocenters. The van der Waals surface area contributed by atoms with Gasteiger partial charge >= 0.3 is 6.18 Å². The molecule has 136 valence electrons. The highest BCUT2D eigenvalue weighted by atomic mass is 19.4. The molecular formula is C17H10F4N6. The van der Waals surface area contributed by atoms with E-state index in [1.807, 2.05) is 0 Å². The molecule has 0 saturated heterocycles. The van der Waals surface area contributed by atoms with Crippen molar-refractivity contribution in [3.05, 3.63) is 60.4 Å². The molecule has 0 aromatic carbocycles. The summed E-state index contributed by atoms with van der Waals surface area (Å²) >= 11 is 0. The van der Waals surface area contributed by atoms with Gasteiger partial charge in [-0.25, -0.2) is 19.3 Å². The molecule has 0 aliphatic rings. The van der Waals surface area contributed by atoms with E-state index in [0.29, 0.717) is 11.0 Å². The van der Waals surface area contributed by atoms with E-state index in [4.69, 9.17) is 0 Å². The van der Waals surface area contributed by atoms with Gasteiger partial charge in [-0.05, 0) is 24.3 Å². The molecule has 0 radical (unpaired) electrons. The van der Waals surface area contributed by atoms with Crippen LogP contribution in [0.15, 0.2) is 48.9 Å². The Balaban J connectivity index is 1.83. The number of pyridine rings is 2. The summed E-state index contributed by atoms with van der Waals surface area (Å²) in [4.78, 5) is 18.6. The molecule has 0 saturated carbocycles. The Morgan fingerprint density at radius 2 is 1.85 bits per heavy atom. The maximum absolute atomic E-state index is 13.9. The van der Waals surface area contributed by atoms with Crippen molar-refractivity contribution in [2.45, 2.75) is 6.18 Å². The first-order chi connectivity index (χ1) is 12.9. The molecule has 6 nitrogen and oxygen atoms in total. The zero-order valence-corrected chi connectivity index (χ0v) is 13.4. The van der Waals surface area contributed by atoms with E-state index in [0.717, 1.165) is 12.3 Å². The summed E-state index contributed by atoms with van der Waals surface area (Å²) in [6, 6.07) is 6.54. The normalized spacial score (nSPS) is 11.7. The van der Waals surface area contributed by atoms with Crippen LogP contribution < -0.4 is 5.32 Å². The second-order valence-electron chi connectivity index (χ2n) is 5.52. The molecular weight excluding hydrogens is 364 g/mol. The van der Waals surface area contributed by atoms with Crippen molar-refractivity contribution in [2.75, 3.05) is 5.32 Å². The van der Waals surface area contributed by atoms with Crippen LogP contribution in [0.1, 0.15) is 5.69 Å². The van der Waals surface area contributed by atoms with E-state index < -0.39 is 17.7 Å². The molecule has 10 heteroatoms. The average Bonchev–Trinajstić information content (AvgIpc) is 3.12. The first kappa shape index (κ1) is 16.9. The monoisotopic (exact) mass is 374 g/mol. The van der Waals surface area contributed by atoms with E-state index in [2.05, 4.69) is 30.2 Å². The highest BCUT2D eigenvalue weighted by molar-refractivity contribution is 5.90. The second kappa shape index (κ2) is 6.31. The number of alkyl halides is 3. The molecule has 0 spiro atoms. The molecule has 4 heterocycles. The minimum atomic E-state index is -4.59. The predicted molar refractivity (Wildman–Crippen MR) is 89.6 cm³/mol. The van der Waals surface area contributed by atoms with E-state index >= 15 is 0 Å². The van der Waals surface area contributed by atoms with Gasteiger partial charge in [-0.1, -0.05) is 6.07 Å². The predicted octanol–water partition coefficient (Wildman–Crippen LogP) is 4.32. The SMILES string of the molecule is Fc1cnccc1Nc1nc(-c2cccc(C(F)(F)F)n2)nc2[nH]ccc12. The number of H-pyrrole nitrogens is 1. The van der Waals surface area contributed by atoms with Gasteiger partial charge in [-0.2, -0.15) is 13.2 Å². The van der Waals surface area contributed by atoms with Crippen LogP contribution in [0.2, 0.25) is 0 Å². The Hall–Kier alpha value is -3.56. The Bertz CT molecular complexity index is 1120. The summed E-state index contributed by atoms with van der Waals surface area (Å²) in [6.45, 7) is 0. The van der Waals surface area contributed by atoms with Crippen LogP contribution >= 0.6 is 0 Å². The van der Waals surface area contributed by atoms with Crippen LogP contribution in [0.3, 0.4) is 0 Å². The number of hydrogen-bond donors (Lipinski definition) is 2. The number of hydrogen-bond acceptors (Lipinski definition) is 5. The van der Waals surface area contributed by atoms with Crippen molar-refractivity contribution in [1.82, 2.24) is 24.9 Å². The third-order valence-corrected chi connectivity index (χ3v) is 3.71. The van der Waals surface area contributed by atoms with Crippen LogP contribution in [-0.4, -0.2) is 24.9 Å². The summed E-state index contributed by atoms with van der Waals surface area (Å²) in [6.07, 6.45) is -0.562. The maximum atomic E-state index is 13.9. The largest absolute Gasteiger partial charge is 0.433 e. The fraction of sp³-hybridized carbons (Fsp3) is 0.0588. The number of anilines is 2. The molecule has 0 aliphatic carbocycles. The van der Waals surface area contributed by atoms with Gasteiger partial charge in [0, 0.05) is 12.4 Å². The first-order valence-corrected chi connectivity index (χ1v) is 7.68. The van der Waals surface area contributed by atoms with Gasteiger partial charge in [-0.15, -0.1) is 0 Å². The van der Waals surface area contributed by atoms with Gasteiger partial charge in [0.2, 0.25) is 0 Å². The number of fused-ring (bicyclic) bond motifs is 1. The van der Waals surface area contributed by atoms with Gasteiger partial charge in [0.05, 0.1) is 17.3 Å². The van der Waals surface area contributed by atoms with Crippen molar-refractivity contribution >= 4 is 22.5 Å². The topological polar surface area (TPSA) is 79.4 Å². The molecule has 0 amide bonds. The minimum absolute atomic E-state index is 0.0342. The van der Waals surface area contributed by atoms with E-state index in [1.54, 1.807) is 12.3 Å². The summed E-state index contributed by atoms with van der Waals surface area (Å²) in [5, 5.41) is 3.36. The van der Waals surface area contributed by atoms with Crippen LogP contribution in [0.4, 0.5) is 29.1 Å². The van der Waals surface area contributed by atoms with Crippen LogP contribution in [0.25, 0.3) is 22.6 Å². The lowest BCUT2D eigenvalue weighted by Gasteiger charge is -2.10. The van der Waals surface area contributed by atoms with Gasteiger partial charge in [-0.3, -0.25) is 4.98 Å². The van der Waals surface area contributed by atoms with E-state index in [-0.39, 0.29) is 23.0 Å². The Labute approximate surface area is 149 Å². The Kier molecular flexibility index (Phi) is 3.94. The van der Waals surface area contributed by atoms with Gasteiger partial charge in [0.25, 0.3) is 0 Å². The Morgan fingerprint density at radius 3 is 2.63 bits per heavy atom. The number of nitrogens with one attached hydrogen (secondary N) is 2.